The van der Waals surface area contributed by atoms with E-state index in [0.29, 0.717) is 0 Å². The molecule has 1 unspecified atom stereocenters. The first-order valence-corrected chi connectivity index (χ1v) is 6.58. The predicted octanol–water partition coefficient (Wildman–Crippen LogP) is 4.25. The largest absolute Gasteiger partial charge is 0.306 e. The maximum Gasteiger partial charge on any atom is 0.0453 e. The van der Waals surface area contributed by atoms with Gasteiger partial charge in [0.15, 0.2) is 0 Å². The molecule has 84 valence electrons. The van der Waals surface area contributed by atoms with E-state index in [9.17, 15) is 0 Å². The monoisotopic (exact) mass is 251 g/mol. The smallest absolute Gasteiger partial charge is 0.0453 e. The molecule has 1 aromatic heterocycles. The zero-order valence-electron chi connectivity index (χ0n) is 9.11. The Morgan fingerprint density at radius 1 is 1.31 bits per heavy atom. The summed E-state index contributed by atoms with van der Waals surface area (Å²) in [5.41, 5.74) is 2.48. The number of benzene rings is 1. The quantitative estimate of drug-likeness (QED) is 0.857. The first-order chi connectivity index (χ1) is 7.77. The molecule has 0 radical (unpaired) electrons. The van der Waals surface area contributed by atoms with Crippen LogP contribution in [0.15, 0.2) is 41.1 Å². The van der Waals surface area contributed by atoms with Crippen LogP contribution in [0, 0.1) is 0 Å². The van der Waals surface area contributed by atoms with Gasteiger partial charge in [-0.15, -0.1) is 0 Å². The van der Waals surface area contributed by atoms with Crippen LogP contribution in [0.3, 0.4) is 0 Å². The van der Waals surface area contributed by atoms with Crippen LogP contribution in [0.5, 0.6) is 0 Å². The first-order valence-electron chi connectivity index (χ1n) is 5.26. The predicted molar refractivity (Wildman–Crippen MR) is 71.0 cm³/mol. The van der Waals surface area contributed by atoms with Gasteiger partial charge in [-0.25, -0.2) is 0 Å². The molecule has 0 amide bonds. The van der Waals surface area contributed by atoms with E-state index in [0.717, 1.165) is 17.1 Å². The van der Waals surface area contributed by atoms with E-state index in [1.807, 2.05) is 18.2 Å². The average molecular weight is 252 g/mol. The third kappa shape index (κ3) is 2.85. The zero-order chi connectivity index (χ0) is 11.4. The highest BCUT2D eigenvalue weighted by Gasteiger charge is 2.07. The first kappa shape index (κ1) is 11.6. The van der Waals surface area contributed by atoms with Gasteiger partial charge in [0.05, 0.1) is 0 Å². The second-order valence-electron chi connectivity index (χ2n) is 3.76. The lowest BCUT2D eigenvalue weighted by Crippen LogP contribution is -2.17. The van der Waals surface area contributed by atoms with Crippen LogP contribution in [0.4, 0.5) is 0 Å². The second kappa shape index (κ2) is 5.48. The van der Waals surface area contributed by atoms with Crippen LogP contribution in [-0.2, 0) is 6.54 Å². The Morgan fingerprint density at radius 3 is 2.81 bits per heavy atom. The maximum atomic E-state index is 6.14. The van der Waals surface area contributed by atoms with Crippen molar-refractivity contribution in [2.24, 2.45) is 0 Å². The fraction of sp³-hybridized carbons (Fsp3) is 0.231. The van der Waals surface area contributed by atoms with E-state index in [1.165, 1.54) is 5.56 Å². The third-order valence-corrected chi connectivity index (χ3v) is 3.64. The van der Waals surface area contributed by atoms with Gasteiger partial charge in [0.25, 0.3) is 0 Å². The van der Waals surface area contributed by atoms with Crippen molar-refractivity contribution in [1.29, 1.82) is 0 Å². The highest BCUT2D eigenvalue weighted by molar-refractivity contribution is 7.07. The minimum Gasteiger partial charge on any atom is -0.306 e. The third-order valence-electron chi connectivity index (χ3n) is 2.56. The summed E-state index contributed by atoms with van der Waals surface area (Å²) >= 11 is 7.87. The SMILES string of the molecule is CC(NCc1ccsc1)c1ccccc1Cl. The summed E-state index contributed by atoms with van der Waals surface area (Å²) in [6, 6.07) is 10.4. The van der Waals surface area contributed by atoms with E-state index in [-0.39, 0.29) is 6.04 Å². The van der Waals surface area contributed by atoms with Crippen molar-refractivity contribution in [2.75, 3.05) is 0 Å². The molecule has 3 heteroatoms. The van der Waals surface area contributed by atoms with E-state index in [4.69, 9.17) is 11.6 Å². The molecule has 1 N–H and O–H groups in total. The van der Waals surface area contributed by atoms with Gasteiger partial charge in [0, 0.05) is 17.6 Å². The number of rotatable bonds is 4. The molecule has 1 nitrogen and oxygen atoms in total. The molecule has 0 aliphatic carbocycles. The van der Waals surface area contributed by atoms with Gasteiger partial charge in [-0.1, -0.05) is 29.8 Å². The molecule has 2 rings (SSSR count). The van der Waals surface area contributed by atoms with Crippen LogP contribution < -0.4 is 5.32 Å². The summed E-state index contributed by atoms with van der Waals surface area (Å²) in [5.74, 6) is 0. The molecule has 2 aromatic rings. The molecule has 0 saturated heterocycles. The maximum absolute atomic E-state index is 6.14. The molecule has 0 bridgehead atoms. The zero-order valence-corrected chi connectivity index (χ0v) is 10.7. The summed E-state index contributed by atoms with van der Waals surface area (Å²) in [6.45, 7) is 3.02. The van der Waals surface area contributed by atoms with Gasteiger partial charge in [-0.05, 0) is 40.9 Å². The van der Waals surface area contributed by atoms with Crippen LogP contribution in [0.2, 0.25) is 5.02 Å². The Labute approximate surface area is 105 Å². The second-order valence-corrected chi connectivity index (χ2v) is 4.94. The van der Waals surface area contributed by atoms with E-state index in [1.54, 1.807) is 11.3 Å². The molecule has 1 aromatic carbocycles. The minimum absolute atomic E-state index is 0.272. The summed E-state index contributed by atoms with van der Waals surface area (Å²) in [6.07, 6.45) is 0. The lowest BCUT2D eigenvalue weighted by molar-refractivity contribution is 0.575. The number of thiophene rings is 1. The fourth-order valence-corrected chi connectivity index (χ4v) is 2.57. The molecule has 0 saturated carbocycles. The van der Waals surface area contributed by atoms with E-state index in [2.05, 4.69) is 35.1 Å². The minimum atomic E-state index is 0.272. The number of halogens is 1. The van der Waals surface area contributed by atoms with Crippen LogP contribution >= 0.6 is 22.9 Å². The molecule has 0 aliphatic heterocycles. The number of nitrogens with one attached hydrogen (secondary N) is 1. The van der Waals surface area contributed by atoms with Crippen molar-refractivity contribution in [3.8, 4) is 0 Å². The molecule has 0 fully saturated rings. The van der Waals surface area contributed by atoms with E-state index < -0.39 is 0 Å². The molecular formula is C13H14ClNS. The Bertz CT molecular complexity index is 439. The van der Waals surface area contributed by atoms with Crippen LogP contribution in [-0.4, -0.2) is 0 Å². The lowest BCUT2D eigenvalue weighted by atomic mass is 10.1. The normalized spacial score (nSPS) is 12.6. The Kier molecular flexibility index (Phi) is 3.99. The van der Waals surface area contributed by atoms with Crippen molar-refractivity contribution in [2.45, 2.75) is 19.5 Å². The topological polar surface area (TPSA) is 12.0 Å². The lowest BCUT2D eigenvalue weighted by Gasteiger charge is -2.15. The van der Waals surface area contributed by atoms with Gasteiger partial charge >= 0.3 is 0 Å². The van der Waals surface area contributed by atoms with Crippen molar-refractivity contribution >= 4 is 22.9 Å². The Hall–Kier alpha value is -0.830. The number of hydrogen-bond donors (Lipinski definition) is 1. The molecule has 0 aliphatic rings. The highest BCUT2D eigenvalue weighted by Crippen LogP contribution is 2.22. The Balaban J connectivity index is 1.98. The van der Waals surface area contributed by atoms with Crippen LogP contribution in [0.25, 0.3) is 0 Å². The highest BCUT2D eigenvalue weighted by atomic mass is 35.5. The van der Waals surface area contributed by atoms with Gasteiger partial charge < -0.3 is 5.32 Å². The molecule has 1 atom stereocenters. The van der Waals surface area contributed by atoms with Crippen molar-refractivity contribution in [3.05, 3.63) is 57.2 Å². The summed E-state index contributed by atoms with van der Waals surface area (Å²) < 4.78 is 0. The number of hydrogen-bond acceptors (Lipinski definition) is 2. The fourth-order valence-electron chi connectivity index (χ4n) is 1.60. The van der Waals surface area contributed by atoms with Crippen LogP contribution in [0.1, 0.15) is 24.1 Å². The summed E-state index contributed by atoms with van der Waals surface area (Å²) in [7, 11) is 0. The molecular weight excluding hydrogens is 238 g/mol. The summed E-state index contributed by atoms with van der Waals surface area (Å²) in [5, 5.41) is 8.54. The van der Waals surface area contributed by atoms with Crippen molar-refractivity contribution in [1.82, 2.24) is 5.32 Å². The van der Waals surface area contributed by atoms with Crippen molar-refractivity contribution in [3.63, 3.8) is 0 Å². The average Bonchev–Trinajstić information content (AvgIpc) is 2.79. The van der Waals surface area contributed by atoms with Gasteiger partial charge in [0.2, 0.25) is 0 Å². The Morgan fingerprint density at radius 2 is 2.12 bits per heavy atom. The van der Waals surface area contributed by atoms with Gasteiger partial charge in [-0.3, -0.25) is 0 Å². The van der Waals surface area contributed by atoms with Gasteiger partial charge in [-0.2, -0.15) is 11.3 Å². The molecule has 16 heavy (non-hydrogen) atoms. The summed E-state index contributed by atoms with van der Waals surface area (Å²) in [4.78, 5) is 0. The van der Waals surface area contributed by atoms with Crippen molar-refractivity contribution < 1.29 is 0 Å². The standard InChI is InChI=1S/C13H14ClNS/c1-10(12-4-2-3-5-13(12)14)15-8-11-6-7-16-9-11/h2-7,9-10,15H,8H2,1H3. The van der Waals surface area contributed by atoms with Gasteiger partial charge in [0.1, 0.15) is 0 Å². The molecule has 1 heterocycles. The molecule has 0 spiro atoms. The van der Waals surface area contributed by atoms with E-state index >= 15 is 0 Å².